The van der Waals surface area contributed by atoms with E-state index in [-0.39, 0.29) is 17.7 Å². The molecule has 3 aliphatic rings. The summed E-state index contributed by atoms with van der Waals surface area (Å²) >= 11 is 0. The lowest BCUT2D eigenvalue weighted by molar-refractivity contribution is -0.174. The van der Waals surface area contributed by atoms with E-state index in [1.165, 1.54) is 0 Å². The van der Waals surface area contributed by atoms with Crippen molar-refractivity contribution >= 4 is 17.5 Å². The third-order valence-electron chi connectivity index (χ3n) is 7.23. The zero-order valence-electron chi connectivity index (χ0n) is 18.8. The molecule has 2 aromatic carbocycles. The van der Waals surface area contributed by atoms with Crippen LogP contribution in [0.1, 0.15) is 24.8 Å². The number of anilines is 1. The molecular formula is C25H29N3O4. The molecule has 5 rings (SSSR count). The first-order valence-corrected chi connectivity index (χ1v) is 11.1. The van der Waals surface area contributed by atoms with E-state index in [0.29, 0.717) is 19.5 Å². The van der Waals surface area contributed by atoms with E-state index < -0.39 is 11.6 Å². The van der Waals surface area contributed by atoms with Crippen molar-refractivity contribution in [1.82, 2.24) is 9.80 Å². The van der Waals surface area contributed by atoms with Crippen LogP contribution in [0.3, 0.4) is 0 Å². The number of piperazine rings is 1. The number of hydrogen-bond acceptors (Lipinski definition) is 5. The average molecular weight is 436 g/mol. The summed E-state index contributed by atoms with van der Waals surface area (Å²) in [7, 11) is 3.40. The van der Waals surface area contributed by atoms with Gasteiger partial charge in [-0.15, -0.1) is 0 Å². The molecule has 3 heterocycles. The molecule has 2 aromatic rings. The molecule has 0 aromatic heterocycles. The van der Waals surface area contributed by atoms with Gasteiger partial charge in [0.15, 0.2) is 5.72 Å². The van der Waals surface area contributed by atoms with E-state index in [2.05, 4.69) is 11.0 Å². The maximum absolute atomic E-state index is 13.7. The number of carbonyl (C=O) groups excluding carboxylic acids is 2. The number of amides is 2. The first-order chi connectivity index (χ1) is 15.4. The molecule has 7 nitrogen and oxygen atoms in total. The van der Waals surface area contributed by atoms with Crippen LogP contribution < -0.4 is 14.4 Å². The topological polar surface area (TPSA) is 62.3 Å². The van der Waals surface area contributed by atoms with Crippen LogP contribution in [0.25, 0.3) is 0 Å². The van der Waals surface area contributed by atoms with Crippen LogP contribution in [0.2, 0.25) is 0 Å². The summed E-state index contributed by atoms with van der Waals surface area (Å²) in [5.74, 6) is 0.484. The minimum absolute atomic E-state index is 0.0732. The molecule has 0 saturated carbocycles. The highest BCUT2D eigenvalue weighted by atomic mass is 16.5. The number of carbonyl (C=O) groups is 2. The Kier molecular flexibility index (Phi) is 4.99. The van der Waals surface area contributed by atoms with Gasteiger partial charge >= 0.3 is 0 Å². The maximum atomic E-state index is 13.7. The molecule has 3 aliphatic heterocycles. The Morgan fingerprint density at radius 1 is 1.09 bits per heavy atom. The first-order valence-electron chi connectivity index (χ1n) is 11.1. The molecule has 0 N–H and O–H groups in total. The minimum Gasteiger partial charge on any atom is -0.497 e. The number of hydrogen-bond donors (Lipinski definition) is 0. The van der Waals surface area contributed by atoms with Gasteiger partial charge in [-0.3, -0.25) is 9.59 Å². The van der Waals surface area contributed by atoms with Gasteiger partial charge in [0.2, 0.25) is 11.8 Å². The van der Waals surface area contributed by atoms with Crippen LogP contribution in [-0.4, -0.2) is 67.7 Å². The molecular weight excluding hydrogens is 406 g/mol. The number of methoxy groups -OCH3 is 1. The molecule has 0 spiro atoms. The van der Waals surface area contributed by atoms with Crippen molar-refractivity contribution in [2.75, 3.05) is 45.2 Å². The van der Waals surface area contributed by atoms with Crippen LogP contribution in [0.4, 0.5) is 5.69 Å². The van der Waals surface area contributed by atoms with Gasteiger partial charge in [0.1, 0.15) is 17.4 Å². The summed E-state index contributed by atoms with van der Waals surface area (Å²) in [6, 6.07) is 15.8. The van der Waals surface area contributed by atoms with Gasteiger partial charge in [-0.25, -0.2) is 0 Å². The Balaban J connectivity index is 1.36. The maximum Gasteiger partial charge on any atom is 0.238 e. The minimum atomic E-state index is -0.724. The van der Waals surface area contributed by atoms with Gasteiger partial charge in [-0.05, 0) is 30.7 Å². The Morgan fingerprint density at radius 2 is 1.84 bits per heavy atom. The van der Waals surface area contributed by atoms with E-state index in [1.54, 1.807) is 19.1 Å². The smallest absolute Gasteiger partial charge is 0.238 e. The zero-order valence-corrected chi connectivity index (χ0v) is 18.8. The van der Waals surface area contributed by atoms with Gasteiger partial charge in [0.05, 0.1) is 7.11 Å². The number of nitrogens with zero attached hydrogens (tertiary/aromatic N) is 3. The van der Waals surface area contributed by atoms with E-state index in [4.69, 9.17) is 9.47 Å². The van der Waals surface area contributed by atoms with Gasteiger partial charge < -0.3 is 24.2 Å². The molecule has 7 heteroatoms. The summed E-state index contributed by atoms with van der Waals surface area (Å²) in [6.07, 6.45) is 0.617. The monoisotopic (exact) mass is 435 g/mol. The largest absolute Gasteiger partial charge is 0.497 e. The number of ether oxygens (including phenoxy) is 2. The fourth-order valence-electron chi connectivity index (χ4n) is 5.26. The molecule has 2 bridgehead atoms. The van der Waals surface area contributed by atoms with Crippen LogP contribution in [-0.2, 0) is 9.59 Å². The average Bonchev–Trinajstić information content (AvgIpc) is 2.83. The van der Waals surface area contributed by atoms with Crippen molar-refractivity contribution in [3.63, 3.8) is 0 Å². The molecule has 0 radical (unpaired) electrons. The third-order valence-corrected chi connectivity index (χ3v) is 7.23. The van der Waals surface area contributed by atoms with Crippen molar-refractivity contribution in [1.29, 1.82) is 0 Å². The quantitative estimate of drug-likeness (QED) is 0.694. The molecule has 32 heavy (non-hydrogen) atoms. The number of benzene rings is 2. The Morgan fingerprint density at radius 3 is 2.59 bits per heavy atom. The standard InChI is InChI=1S/C25H29N3O4/c1-25-16-20(19-9-4-5-10-21(19)32-25)22(23(29)26(25)2)24(30)28-13-11-27(12-14-28)17-7-6-8-18(15-17)31-3/h4-10,15,20,22H,11-14,16H2,1-3H3. The number of para-hydroxylation sites is 1. The van der Waals surface area contributed by atoms with Crippen LogP contribution in [0.5, 0.6) is 11.5 Å². The second kappa shape index (κ2) is 7.73. The lowest BCUT2D eigenvalue weighted by atomic mass is 9.73. The van der Waals surface area contributed by atoms with Crippen molar-refractivity contribution < 1.29 is 19.1 Å². The summed E-state index contributed by atoms with van der Waals surface area (Å²) in [4.78, 5) is 32.8. The van der Waals surface area contributed by atoms with E-state index in [9.17, 15) is 9.59 Å². The Hall–Kier alpha value is -3.22. The molecule has 2 fully saturated rings. The summed E-state index contributed by atoms with van der Waals surface area (Å²) < 4.78 is 11.5. The van der Waals surface area contributed by atoms with Crippen molar-refractivity contribution in [2.45, 2.75) is 25.0 Å². The number of likely N-dealkylation sites (tertiary alicyclic amines) is 1. The number of fused-ring (bicyclic) bond motifs is 4. The van der Waals surface area contributed by atoms with Gasteiger partial charge in [0.25, 0.3) is 0 Å². The first kappa shape index (κ1) is 20.7. The third kappa shape index (κ3) is 3.27. The highest BCUT2D eigenvalue weighted by Crippen LogP contribution is 2.50. The van der Waals surface area contributed by atoms with E-state index in [0.717, 1.165) is 35.8 Å². The molecule has 2 amide bonds. The second-order valence-corrected chi connectivity index (χ2v) is 9.01. The summed E-state index contributed by atoms with van der Waals surface area (Å²) in [5, 5.41) is 0. The highest BCUT2D eigenvalue weighted by Gasteiger charge is 2.55. The van der Waals surface area contributed by atoms with Crippen LogP contribution in [0.15, 0.2) is 48.5 Å². The van der Waals surface area contributed by atoms with Gasteiger partial charge in [0, 0.05) is 57.3 Å². The van der Waals surface area contributed by atoms with E-state index in [1.807, 2.05) is 54.3 Å². The SMILES string of the molecule is COc1cccc(N2CCN(C(=O)C3C(=O)N(C)C4(C)CC3c3ccccc3O4)CC2)c1. The fourth-order valence-corrected chi connectivity index (χ4v) is 5.26. The zero-order chi connectivity index (χ0) is 22.5. The Labute approximate surface area is 188 Å². The predicted octanol–water partition coefficient (Wildman–Crippen LogP) is 2.71. The lowest BCUT2D eigenvalue weighted by Gasteiger charge is -2.52. The van der Waals surface area contributed by atoms with Crippen molar-refractivity contribution in [3.8, 4) is 11.5 Å². The van der Waals surface area contributed by atoms with Crippen molar-refractivity contribution in [2.24, 2.45) is 5.92 Å². The molecule has 3 unspecified atom stereocenters. The van der Waals surface area contributed by atoms with Gasteiger partial charge in [-0.1, -0.05) is 24.3 Å². The van der Waals surface area contributed by atoms with E-state index >= 15 is 0 Å². The lowest BCUT2D eigenvalue weighted by Crippen LogP contribution is -2.64. The van der Waals surface area contributed by atoms with Crippen molar-refractivity contribution in [3.05, 3.63) is 54.1 Å². The summed E-state index contributed by atoms with van der Waals surface area (Å²) in [6.45, 7) is 4.55. The fraction of sp³-hybridized carbons (Fsp3) is 0.440. The van der Waals surface area contributed by atoms with Gasteiger partial charge in [-0.2, -0.15) is 0 Å². The molecule has 0 aliphatic carbocycles. The summed E-state index contributed by atoms with van der Waals surface area (Å²) in [5.41, 5.74) is 1.32. The number of rotatable bonds is 3. The van der Waals surface area contributed by atoms with Crippen LogP contribution in [0, 0.1) is 5.92 Å². The normalized spacial score (nSPS) is 27.0. The molecule has 168 valence electrons. The predicted molar refractivity (Wildman–Crippen MR) is 121 cm³/mol. The number of piperidine rings is 1. The molecule has 2 saturated heterocycles. The molecule has 3 atom stereocenters. The Bertz CT molecular complexity index is 1050. The van der Waals surface area contributed by atoms with Crippen LogP contribution >= 0.6 is 0 Å². The second-order valence-electron chi connectivity index (χ2n) is 9.01. The highest BCUT2D eigenvalue weighted by molar-refractivity contribution is 6.02.